The van der Waals surface area contributed by atoms with Gasteiger partial charge in [0.2, 0.25) is 0 Å². The molecule has 1 saturated heterocycles. The minimum Gasteiger partial charge on any atom is -0.495 e. The fraction of sp³-hybridized carbons (Fsp3) is 0.333. The molecule has 1 aliphatic heterocycles. The predicted octanol–water partition coefficient (Wildman–Crippen LogP) is 5.26. The number of likely N-dealkylation sites (tertiary alicyclic amines) is 1. The van der Waals surface area contributed by atoms with E-state index in [9.17, 15) is 22.8 Å². The van der Waals surface area contributed by atoms with E-state index in [2.05, 4.69) is 10.1 Å². The normalized spacial score (nSPS) is 14.3. The minimum atomic E-state index is -4.47. The quantitative estimate of drug-likeness (QED) is 0.330. The molecule has 1 aliphatic rings. The second-order valence-corrected chi connectivity index (χ2v) is 10.2. The van der Waals surface area contributed by atoms with E-state index in [-0.39, 0.29) is 11.5 Å². The topological polar surface area (TPSA) is 89.4 Å². The first-order valence-corrected chi connectivity index (χ1v) is 13.3. The molecule has 0 unspecified atom stereocenters. The van der Waals surface area contributed by atoms with Gasteiger partial charge in [-0.25, -0.2) is 0 Å². The van der Waals surface area contributed by atoms with Crippen LogP contribution in [-0.4, -0.2) is 64.4 Å². The molecule has 2 aromatic carbocycles. The highest BCUT2D eigenvalue weighted by Gasteiger charge is 2.28. The number of nitrogens with zero attached hydrogens (tertiary/aromatic N) is 4. The molecule has 4 aromatic rings. The largest absolute Gasteiger partial charge is 0.495 e. The standard InChI is InChI=1S/C30H30F3N5O3/c1-19-24(28(39)35-18-30(31,32)33)8-10-27-25(19)17-38(36-27)16-20-11-13-37(14-12-20)29(40)22-5-3-21(4-6-22)26-9-7-23(41-2)15-34-26/h3-10,15,17,20H,11-14,16,18H2,1-2H3,(H,35,39). The van der Waals surface area contributed by atoms with Crippen LogP contribution >= 0.6 is 0 Å². The summed E-state index contributed by atoms with van der Waals surface area (Å²) in [4.78, 5) is 31.7. The highest BCUT2D eigenvalue weighted by Crippen LogP contribution is 2.26. The molecule has 5 rings (SSSR count). The zero-order chi connectivity index (χ0) is 29.1. The molecule has 0 aliphatic carbocycles. The number of alkyl halides is 3. The van der Waals surface area contributed by atoms with E-state index < -0.39 is 18.6 Å². The number of ether oxygens (including phenoxy) is 1. The summed E-state index contributed by atoms with van der Waals surface area (Å²) in [6, 6.07) is 14.3. The molecule has 11 heteroatoms. The Morgan fingerprint density at radius 3 is 2.41 bits per heavy atom. The smallest absolute Gasteiger partial charge is 0.405 e. The molecule has 0 radical (unpaired) electrons. The maximum absolute atomic E-state index is 13.1. The molecule has 1 N–H and O–H groups in total. The molecule has 3 heterocycles. The van der Waals surface area contributed by atoms with Gasteiger partial charge in [0.05, 0.1) is 24.5 Å². The lowest BCUT2D eigenvalue weighted by molar-refractivity contribution is -0.123. The van der Waals surface area contributed by atoms with Gasteiger partial charge in [-0.1, -0.05) is 12.1 Å². The molecule has 0 atom stereocenters. The number of pyridine rings is 1. The van der Waals surface area contributed by atoms with Crippen LogP contribution in [0.1, 0.15) is 39.1 Å². The van der Waals surface area contributed by atoms with Gasteiger partial charge < -0.3 is 15.0 Å². The third kappa shape index (κ3) is 6.50. The zero-order valence-electron chi connectivity index (χ0n) is 22.7. The maximum atomic E-state index is 13.1. The van der Waals surface area contributed by atoms with Crippen molar-refractivity contribution in [3.63, 3.8) is 0 Å². The van der Waals surface area contributed by atoms with Gasteiger partial charge in [-0.05, 0) is 67.6 Å². The van der Waals surface area contributed by atoms with Crippen LogP contribution in [-0.2, 0) is 6.54 Å². The van der Waals surface area contributed by atoms with E-state index in [1.165, 1.54) is 6.07 Å². The number of fused-ring (bicyclic) bond motifs is 1. The fourth-order valence-electron chi connectivity index (χ4n) is 5.12. The van der Waals surface area contributed by atoms with Crippen molar-refractivity contribution in [2.45, 2.75) is 32.5 Å². The number of aryl methyl sites for hydroxylation is 1. The molecule has 0 bridgehead atoms. The third-order valence-electron chi connectivity index (χ3n) is 7.45. The summed E-state index contributed by atoms with van der Waals surface area (Å²) in [6.45, 7) is 2.25. The summed E-state index contributed by atoms with van der Waals surface area (Å²) >= 11 is 0. The monoisotopic (exact) mass is 565 g/mol. The number of benzene rings is 2. The van der Waals surface area contributed by atoms with Crippen molar-refractivity contribution >= 4 is 22.7 Å². The number of hydrogen-bond acceptors (Lipinski definition) is 5. The van der Waals surface area contributed by atoms with Gasteiger partial charge >= 0.3 is 6.18 Å². The molecule has 0 saturated carbocycles. The Hall–Kier alpha value is -4.41. The molecular formula is C30H30F3N5O3. The number of halogens is 3. The van der Waals surface area contributed by atoms with Gasteiger partial charge in [0.15, 0.2) is 0 Å². The highest BCUT2D eigenvalue weighted by molar-refractivity contribution is 6.00. The minimum absolute atomic E-state index is 0.00512. The van der Waals surface area contributed by atoms with Crippen LogP contribution in [0.2, 0.25) is 0 Å². The van der Waals surface area contributed by atoms with E-state index in [1.807, 2.05) is 57.5 Å². The SMILES string of the molecule is COc1ccc(-c2ccc(C(=O)N3CCC(Cn4cc5c(C)c(C(=O)NCC(F)(F)F)ccc5n4)CC3)cc2)nc1. The van der Waals surface area contributed by atoms with Crippen LogP contribution in [0.3, 0.4) is 0 Å². The molecule has 2 amide bonds. The van der Waals surface area contributed by atoms with Crippen molar-refractivity contribution in [1.82, 2.24) is 25.0 Å². The first-order chi connectivity index (χ1) is 19.6. The van der Waals surface area contributed by atoms with Crippen molar-refractivity contribution < 1.29 is 27.5 Å². The Kier molecular flexibility index (Phi) is 7.96. The van der Waals surface area contributed by atoms with Crippen LogP contribution < -0.4 is 10.1 Å². The van der Waals surface area contributed by atoms with Crippen molar-refractivity contribution in [2.75, 3.05) is 26.7 Å². The molecular weight excluding hydrogens is 535 g/mol. The lowest BCUT2D eigenvalue weighted by Crippen LogP contribution is -2.39. The summed E-state index contributed by atoms with van der Waals surface area (Å²) in [5, 5.41) is 7.26. The van der Waals surface area contributed by atoms with Gasteiger partial charge in [0.1, 0.15) is 12.3 Å². The number of carbonyl (C=O) groups is 2. The van der Waals surface area contributed by atoms with Crippen LogP contribution in [0.4, 0.5) is 13.2 Å². The second-order valence-electron chi connectivity index (χ2n) is 10.2. The first-order valence-electron chi connectivity index (χ1n) is 13.3. The van der Waals surface area contributed by atoms with Gasteiger partial charge in [-0.3, -0.25) is 19.3 Å². The van der Waals surface area contributed by atoms with Crippen LogP contribution in [0.25, 0.3) is 22.2 Å². The molecule has 2 aromatic heterocycles. The summed E-state index contributed by atoms with van der Waals surface area (Å²) in [6.07, 6.45) is 0.657. The first kappa shape index (κ1) is 28.1. The van der Waals surface area contributed by atoms with E-state index in [0.717, 1.165) is 29.5 Å². The van der Waals surface area contributed by atoms with Gasteiger partial charge in [-0.2, -0.15) is 18.3 Å². The van der Waals surface area contributed by atoms with Crippen LogP contribution in [0.15, 0.2) is 60.9 Å². The molecule has 41 heavy (non-hydrogen) atoms. The lowest BCUT2D eigenvalue weighted by atomic mass is 9.96. The third-order valence-corrected chi connectivity index (χ3v) is 7.45. The average molecular weight is 566 g/mol. The maximum Gasteiger partial charge on any atom is 0.405 e. The summed E-state index contributed by atoms with van der Waals surface area (Å²) in [5.74, 6) is 0.223. The number of carbonyl (C=O) groups excluding carboxylic acids is 2. The number of hydrogen-bond donors (Lipinski definition) is 1. The van der Waals surface area contributed by atoms with Gasteiger partial charge in [0, 0.05) is 47.9 Å². The summed E-state index contributed by atoms with van der Waals surface area (Å²) in [5.41, 5.74) is 3.80. The molecule has 0 spiro atoms. The van der Waals surface area contributed by atoms with Crippen LogP contribution in [0, 0.1) is 12.8 Å². The Morgan fingerprint density at radius 2 is 1.78 bits per heavy atom. The Labute approximate surface area is 235 Å². The number of methoxy groups -OCH3 is 1. The lowest BCUT2D eigenvalue weighted by Gasteiger charge is -2.32. The van der Waals surface area contributed by atoms with Crippen molar-refractivity contribution in [1.29, 1.82) is 0 Å². The Morgan fingerprint density at radius 1 is 1.05 bits per heavy atom. The number of nitrogens with one attached hydrogen (secondary N) is 1. The second kappa shape index (κ2) is 11.6. The van der Waals surface area contributed by atoms with Crippen molar-refractivity contribution in [3.8, 4) is 17.0 Å². The number of aromatic nitrogens is 3. The predicted molar refractivity (Wildman–Crippen MR) is 148 cm³/mol. The highest BCUT2D eigenvalue weighted by atomic mass is 19.4. The molecule has 214 valence electrons. The van der Waals surface area contributed by atoms with E-state index >= 15 is 0 Å². The van der Waals surface area contributed by atoms with Gasteiger partial charge in [0.25, 0.3) is 11.8 Å². The van der Waals surface area contributed by atoms with E-state index in [0.29, 0.717) is 47.9 Å². The fourth-order valence-corrected chi connectivity index (χ4v) is 5.12. The average Bonchev–Trinajstić information content (AvgIpc) is 3.39. The van der Waals surface area contributed by atoms with E-state index in [1.54, 1.807) is 26.3 Å². The summed E-state index contributed by atoms with van der Waals surface area (Å²) < 4.78 is 44.5. The number of piperidine rings is 1. The zero-order valence-corrected chi connectivity index (χ0v) is 22.7. The molecule has 8 nitrogen and oxygen atoms in total. The van der Waals surface area contributed by atoms with Crippen LogP contribution in [0.5, 0.6) is 5.75 Å². The van der Waals surface area contributed by atoms with Crippen molar-refractivity contribution in [3.05, 3.63) is 77.6 Å². The summed E-state index contributed by atoms with van der Waals surface area (Å²) in [7, 11) is 1.59. The molecule has 1 fully saturated rings. The Bertz CT molecular complexity index is 1540. The number of rotatable bonds is 7. The number of amides is 2. The van der Waals surface area contributed by atoms with Crippen molar-refractivity contribution in [2.24, 2.45) is 5.92 Å². The van der Waals surface area contributed by atoms with Gasteiger partial charge in [-0.15, -0.1) is 0 Å². The van der Waals surface area contributed by atoms with E-state index in [4.69, 9.17) is 4.74 Å². The Balaban J connectivity index is 1.17.